The molecule has 0 bridgehead atoms. The quantitative estimate of drug-likeness (QED) is 0.662. The molecule has 3 saturated carbocycles. The van der Waals surface area contributed by atoms with E-state index < -0.39 is 11.9 Å². The summed E-state index contributed by atoms with van der Waals surface area (Å²) in [6, 6.07) is 2.85. The number of amides is 2. The first-order valence-corrected chi connectivity index (χ1v) is 13.1. The summed E-state index contributed by atoms with van der Waals surface area (Å²) in [6.45, 7) is 3.11. The van der Waals surface area contributed by atoms with E-state index in [9.17, 15) is 23.2 Å². The summed E-state index contributed by atoms with van der Waals surface area (Å²) in [6.07, 6.45) is 3.55. The first-order valence-electron chi connectivity index (χ1n) is 13.1. The normalized spacial score (nSPS) is 24.3. The molecule has 3 aliphatic carbocycles. The molecule has 7 rings (SSSR count). The van der Waals surface area contributed by atoms with Gasteiger partial charge in [0.25, 0.3) is 0 Å². The summed E-state index contributed by atoms with van der Waals surface area (Å²) >= 11 is 0. The van der Waals surface area contributed by atoms with Crippen molar-refractivity contribution in [1.82, 2.24) is 30.0 Å². The van der Waals surface area contributed by atoms with E-state index in [1.807, 2.05) is 15.9 Å². The predicted molar refractivity (Wildman–Crippen MR) is 124 cm³/mol. The molecular formula is C26H28F3N7O. The zero-order valence-corrected chi connectivity index (χ0v) is 20.4. The number of nitrogens with one attached hydrogen (secondary N) is 1. The van der Waals surface area contributed by atoms with Crippen LogP contribution in [0.25, 0.3) is 0 Å². The number of aromatic amines is 1. The van der Waals surface area contributed by atoms with Gasteiger partial charge < -0.3 is 9.80 Å². The molecule has 0 atom stereocenters. The number of halogens is 3. The van der Waals surface area contributed by atoms with Gasteiger partial charge in [0.2, 0.25) is 0 Å². The van der Waals surface area contributed by atoms with Crippen molar-refractivity contribution in [3.63, 3.8) is 0 Å². The number of hydrogen-bond donors (Lipinski definition) is 1. The van der Waals surface area contributed by atoms with Crippen LogP contribution in [0.4, 0.5) is 18.0 Å². The van der Waals surface area contributed by atoms with Crippen LogP contribution in [-0.4, -0.2) is 62.2 Å². The van der Waals surface area contributed by atoms with Gasteiger partial charge in [0, 0.05) is 55.0 Å². The highest BCUT2D eigenvalue weighted by molar-refractivity contribution is 5.77. The van der Waals surface area contributed by atoms with Gasteiger partial charge >= 0.3 is 12.2 Å². The fourth-order valence-electron chi connectivity index (χ4n) is 7.22. The molecule has 194 valence electrons. The summed E-state index contributed by atoms with van der Waals surface area (Å²) in [4.78, 5) is 25.1. The number of nitriles is 1. The smallest absolute Gasteiger partial charge is 0.323 e. The van der Waals surface area contributed by atoms with Gasteiger partial charge in [0.05, 0.1) is 11.6 Å². The van der Waals surface area contributed by atoms with E-state index >= 15 is 0 Å². The van der Waals surface area contributed by atoms with Crippen molar-refractivity contribution in [2.45, 2.75) is 63.0 Å². The van der Waals surface area contributed by atoms with Gasteiger partial charge in [-0.05, 0) is 62.5 Å². The van der Waals surface area contributed by atoms with Crippen molar-refractivity contribution in [3.8, 4) is 6.07 Å². The molecule has 5 fully saturated rings. The molecule has 37 heavy (non-hydrogen) atoms. The lowest BCUT2D eigenvalue weighted by molar-refractivity contribution is -0.141. The summed E-state index contributed by atoms with van der Waals surface area (Å²) in [5.74, 6) is 3.26. The van der Waals surface area contributed by atoms with E-state index in [1.165, 1.54) is 19.0 Å². The zero-order valence-electron chi connectivity index (χ0n) is 20.4. The summed E-state index contributed by atoms with van der Waals surface area (Å²) in [5, 5.41) is 16.8. The third kappa shape index (κ3) is 3.87. The van der Waals surface area contributed by atoms with Crippen molar-refractivity contribution >= 4 is 6.03 Å². The highest BCUT2D eigenvalue weighted by Gasteiger charge is 2.58. The number of carbonyl (C=O) groups excluding carboxylic acids is 1. The van der Waals surface area contributed by atoms with Gasteiger partial charge in [-0.15, -0.1) is 0 Å². The van der Waals surface area contributed by atoms with Gasteiger partial charge in [0.15, 0.2) is 5.82 Å². The number of hydrogen-bond acceptors (Lipinski definition) is 5. The first kappa shape index (κ1) is 23.0. The van der Waals surface area contributed by atoms with Crippen LogP contribution >= 0.6 is 0 Å². The number of alkyl halides is 3. The van der Waals surface area contributed by atoms with E-state index in [0.717, 1.165) is 69.6 Å². The monoisotopic (exact) mass is 511 g/mol. The fraction of sp³-hybridized carbons (Fsp3) is 0.654. The van der Waals surface area contributed by atoms with Crippen molar-refractivity contribution in [1.29, 1.82) is 5.26 Å². The standard InChI is InChI=1S/C26H28F3N7O/c27-26(28,29)20-4-17(9-30)18(10-31-20)3-15-5-24(6-15)11-35(12-24)23(37)36-13-25(14-36)7-19(8-25)22-32-21(33-34-22)16-1-2-16/h4,10,15-16,19H,1-3,5-8,11-14H2,(H,32,33,34). The Hall–Kier alpha value is -3.16. The van der Waals surface area contributed by atoms with Crippen molar-refractivity contribution < 1.29 is 18.0 Å². The van der Waals surface area contributed by atoms with E-state index in [-0.39, 0.29) is 22.4 Å². The minimum Gasteiger partial charge on any atom is -0.323 e. The molecule has 0 unspecified atom stereocenters. The Bertz CT molecular complexity index is 1280. The highest BCUT2D eigenvalue weighted by atomic mass is 19.4. The van der Waals surface area contributed by atoms with Crippen LogP contribution in [0.1, 0.15) is 78.8 Å². The van der Waals surface area contributed by atoms with Crippen molar-refractivity contribution in [2.24, 2.45) is 16.7 Å². The topological polar surface area (TPSA) is 102 Å². The third-order valence-corrected chi connectivity index (χ3v) is 9.20. The molecule has 2 aliphatic heterocycles. The SMILES string of the molecule is N#Cc1cc(C(F)(F)F)ncc1CC1CC2(C1)CN(C(=O)N1CC3(CC(c4n[nH]c(C5CC5)n4)C3)C1)C2. The van der Waals surface area contributed by atoms with Gasteiger partial charge in [-0.2, -0.15) is 23.5 Å². The second-order valence-corrected chi connectivity index (χ2v) is 12.3. The van der Waals surface area contributed by atoms with Crippen molar-refractivity contribution in [2.75, 3.05) is 26.2 Å². The van der Waals surface area contributed by atoms with Gasteiger partial charge in [-0.1, -0.05) is 0 Å². The fourth-order valence-corrected chi connectivity index (χ4v) is 7.22. The van der Waals surface area contributed by atoms with Crippen LogP contribution in [0.5, 0.6) is 0 Å². The summed E-state index contributed by atoms with van der Waals surface area (Å²) in [7, 11) is 0. The molecule has 1 N–H and O–H groups in total. The molecule has 2 aromatic heterocycles. The number of carbonyl (C=O) groups is 1. The van der Waals surface area contributed by atoms with E-state index in [1.54, 1.807) is 0 Å². The third-order valence-electron chi connectivity index (χ3n) is 9.20. The zero-order chi connectivity index (χ0) is 25.6. The van der Waals surface area contributed by atoms with E-state index in [4.69, 9.17) is 4.98 Å². The molecule has 2 saturated heterocycles. The Morgan fingerprint density at radius 3 is 2.32 bits per heavy atom. The van der Waals surface area contributed by atoms with Crippen LogP contribution < -0.4 is 0 Å². The maximum Gasteiger partial charge on any atom is 0.433 e. The molecule has 0 aromatic carbocycles. The number of urea groups is 1. The minimum absolute atomic E-state index is 0.0464. The Kier molecular flexibility index (Phi) is 4.77. The number of H-pyrrole nitrogens is 1. The highest BCUT2D eigenvalue weighted by Crippen LogP contribution is 2.57. The van der Waals surface area contributed by atoms with Crippen LogP contribution in [0, 0.1) is 28.1 Å². The first-order chi connectivity index (χ1) is 17.6. The molecule has 5 aliphatic rings. The molecule has 2 spiro atoms. The molecular weight excluding hydrogens is 483 g/mol. The maximum absolute atomic E-state index is 13.0. The van der Waals surface area contributed by atoms with Crippen LogP contribution in [0.2, 0.25) is 0 Å². The van der Waals surface area contributed by atoms with Gasteiger partial charge in [0.1, 0.15) is 11.5 Å². The lowest BCUT2D eigenvalue weighted by Gasteiger charge is -2.63. The second kappa shape index (κ2) is 7.68. The Morgan fingerprint density at radius 2 is 1.73 bits per heavy atom. The lowest BCUT2D eigenvalue weighted by atomic mass is 9.56. The van der Waals surface area contributed by atoms with Gasteiger partial charge in [-0.3, -0.25) is 10.1 Å². The molecule has 4 heterocycles. The average molecular weight is 512 g/mol. The predicted octanol–water partition coefficient (Wildman–Crippen LogP) is 4.22. The largest absolute Gasteiger partial charge is 0.433 e. The Labute approximate surface area is 212 Å². The van der Waals surface area contributed by atoms with E-state index in [0.29, 0.717) is 29.7 Å². The average Bonchev–Trinajstić information content (AvgIpc) is 3.49. The number of rotatable bonds is 4. The van der Waals surface area contributed by atoms with Gasteiger partial charge in [-0.25, -0.2) is 9.78 Å². The maximum atomic E-state index is 13.0. The van der Waals surface area contributed by atoms with Crippen LogP contribution in [-0.2, 0) is 12.6 Å². The Balaban J connectivity index is 0.861. The summed E-state index contributed by atoms with van der Waals surface area (Å²) in [5.41, 5.74) is -0.0524. The number of aromatic nitrogens is 4. The number of likely N-dealkylation sites (tertiary alicyclic amines) is 2. The lowest BCUT2D eigenvalue weighted by Crippen LogP contribution is -2.71. The van der Waals surface area contributed by atoms with Crippen molar-refractivity contribution in [3.05, 3.63) is 40.7 Å². The molecule has 2 amide bonds. The molecule has 0 radical (unpaired) electrons. The van der Waals surface area contributed by atoms with Crippen LogP contribution in [0.3, 0.4) is 0 Å². The van der Waals surface area contributed by atoms with E-state index in [2.05, 4.69) is 15.2 Å². The number of pyridine rings is 1. The Morgan fingerprint density at radius 1 is 1.08 bits per heavy atom. The molecule has 8 nitrogen and oxygen atoms in total. The number of nitrogens with zero attached hydrogens (tertiary/aromatic N) is 6. The second-order valence-electron chi connectivity index (χ2n) is 12.3. The minimum atomic E-state index is -4.56. The summed E-state index contributed by atoms with van der Waals surface area (Å²) < 4.78 is 38.7. The molecule has 2 aromatic rings. The van der Waals surface area contributed by atoms with Crippen LogP contribution in [0.15, 0.2) is 12.3 Å². The molecule has 11 heteroatoms.